The van der Waals surface area contributed by atoms with Crippen LogP contribution in [0, 0.1) is 5.82 Å². The van der Waals surface area contributed by atoms with E-state index in [0.717, 1.165) is 0 Å². The van der Waals surface area contributed by atoms with Gasteiger partial charge in [-0.3, -0.25) is 0 Å². The number of rotatable bonds is 7. The second-order valence-corrected chi connectivity index (χ2v) is 6.33. The highest BCUT2D eigenvalue weighted by atomic mass is 35.5. The summed E-state index contributed by atoms with van der Waals surface area (Å²) in [6.07, 6.45) is -0.871. The average Bonchev–Trinajstić information content (AvgIpc) is 2.67. The number of halogens is 2. The van der Waals surface area contributed by atoms with Crippen LogP contribution < -0.4 is 15.8 Å². The summed E-state index contributed by atoms with van der Waals surface area (Å²) in [6, 6.07) is 12.3. The van der Waals surface area contributed by atoms with Crippen molar-refractivity contribution in [1.82, 2.24) is 15.0 Å². The Hall–Kier alpha value is -3.46. The molecule has 3 N–H and O–H groups in total. The van der Waals surface area contributed by atoms with Crippen LogP contribution in [0.15, 0.2) is 48.5 Å². The van der Waals surface area contributed by atoms with E-state index in [-0.39, 0.29) is 30.1 Å². The number of aromatic nitrogens is 3. The molecule has 1 atom stereocenters. The monoisotopic (exact) mass is 417 g/mol. The quantitative estimate of drug-likeness (QED) is 0.562. The molecule has 3 aromatic rings. The zero-order valence-electron chi connectivity index (χ0n) is 15.3. The predicted molar refractivity (Wildman–Crippen MR) is 105 cm³/mol. The maximum Gasteiger partial charge on any atom is 0.347 e. The number of nitrogens with zero attached hydrogens (tertiary/aromatic N) is 3. The largest absolute Gasteiger partial charge is 0.479 e. The Labute approximate surface area is 170 Å². The van der Waals surface area contributed by atoms with Gasteiger partial charge in [0.25, 0.3) is 0 Å². The van der Waals surface area contributed by atoms with Crippen LogP contribution in [0.25, 0.3) is 0 Å². The van der Waals surface area contributed by atoms with Gasteiger partial charge in [-0.05, 0) is 49.4 Å². The second kappa shape index (κ2) is 9.16. The number of nitrogen functional groups attached to an aromatic ring is 1. The Morgan fingerprint density at radius 3 is 2.69 bits per heavy atom. The van der Waals surface area contributed by atoms with Gasteiger partial charge in [-0.25, -0.2) is 9.18 Å². The standard InChI is InChI=1S/C19H17ClFN5O3/c1-11(29-15-4-2-3-12(20)9-15)17(27)28-10-16-24-18(22)26-19(25-16)23-14-7-5-13(21)6-8-14/h2-9,11H,10H2,1H3,(H3,22,23,24,25,26). The first-order valence-electron chi connectivity index (χ1n) is 8.51. The van der Waals surface area contributed by atoms with Crippen LogP contribution in [0.5, 0.6) is 5.75 Å². The first-order valence-corrected chi connectivity index (χ1v) is 8.89. The molecule has 8 nitrogen and oxygen atoms in total. The molecule has 0 radical (unpaired) electrons. The minimum Gasteiger partial charge on any atom is -0.479 e. The van der Waals surface area contributed by atoms with Crippen LogP contribution in [-0.4, -0.2) is 27.0 Å². The summed E-state index contributed by atoms with van der Waals surface area (Å²) in [5.74, 6) is -0.316. The highest BCUT2D eigenvalue weighted by Gasteiger charge is 2.18. The molecular weight excluding hydrogens is 401 g/mol. The number of anilines is 3. The van der Waals surface area contributed by atoms with Crippen molar-refractivity contribution in [3.05, 3.63) is 65.2 Å². The van der Waals surface area contributed by atoms with Gasteiger partial charge >= 0.3 is 5.97 Å². The highest BCUT2D eigenvalue weighted by Crippen LogP contribution is 2.19. The zero-order valence-corrected chi connectivity index (χ0v) is 16.1. The maximum absolute atomic E-state index is 13.0. The molecule has 0 aliphatic rings. The smallest absolute Gasteiger partial charge is 0.347 e. The van der Waals surface area contributed by atoms with Crippen LogP contribution in [0.1, 0.15) is 12.7 Å². The molecule has 0 saturated heterocycles. The van der Waals surface area contributed by atoms with Crippen molar-refractivity contribution in [3.8, 4) is 5.75 Å². The van der Waals surface area contributed by atoms with E-state index in [1.165, 1.54) is 24.3 Å². The van der Waals surface area contributed by atoms with Gasteiger partial charge in [0.1, 0.15) is 11.6 Å². The number of nitrogens with two attached hydrogens (primary N) is 1. The summed E-state index contributed by atoms with van der Waals surface area (Å²) in [6.45, 7) is 1.32. The maximum atomic E-state index is 13.0. The molecule has 0 saturated carbocycles. The number of esters is 1. The Kier molecular flexibility index (Phi) is 6.40. The van der Waals surface area contributed by atoms with Crippen molar-refractivity contribution in [2.45, 2.75) is 19.6 Å². The first kappa shape index (κ1) is 20.3. The molecule has 10 heteroatoms. The van der Waals surface area contributed by atoms with E-state index in [2.05, 4.69) is 20.3 Å². The van der Waals surface area contributed by atoms with Crippen molar-refractivity contribution >= 4 is 35.2 Å². The molecule has 1 unspecified atom stereocenters. The van der Waals surface area contributed by atoms with Gasteiger partial charge in [-0.2, -0.15) is 15.0 Å². The number of hydrogen-bond acceptors (Lipinski definition) is 8. The van der Waals surface area contributed by atoms with Crippen molar-refractivity contribution < 1.29 is 18.7 Å². The molecule has 0 aliphatic heterocycles. The summed E-state index contributed by atoms with van der Waals surface area (Å²) < 4.78 is 23.7. The third-order valence-corrected chi connectivity index (χ3v) is 3.82. The fourth-order valence-corrected chi connectivity index (χ4v) is 2.45. The average molecular weight is 418 g/mol. The van der Waals surface area contributed by atoms with E-state index < -0.39 is 12.1 Å². The summed E-state index contributed by atoms with van der Waals surface area (Å²) in [5, 5.41) is 3.36. The lowest BCUT2D eigenvalue weighted by molar-refractivity contribution is -0.152. The van der Waals surface area contributed by atoms with Gasteiger partial charge in [0.15, 0.2) is 18.5 Å². The van der Waals surface area contributed by atoms with Crippen LogP contribution in [0.4, 0.5) is 22.0 Å². The van der Waals surface area contributed by atoms with Gasteiger partial charge in [-0.15, -0.1) is 0 Å². The number of nitrogens with one attached hydrogen (secondary N) is 1. The number of carbonyl (C=O) groups excluding carboxylic acids is 1. The normalized spacial score (nSPS) is 11.6. The SMILES string of the molecule is CC(Oc1cccc(Cl)c1)C(=O)OCc1nc(N)nc(Nc2ccc(F)cc2)n1. The third kappa shape index (κ3) is 6.01. The molecule has 1 heterocycles. The number of benzene rings is 2. The first-order chi connectivity index (χ1) is 13.9. The number of ether oxygens (including phenoxy) is 2. The van der Waals surface area contributed by atoms with E-state index in [1.54, 1.807) is 31.2 Å². The molecule has 0 aliphatic carbocycles. The molecule has 1 aromatic heterocycles. The van der Waals surface area contributed by atoms with Gasteiger partial charge in [-0.1, -0.05) is 17.7 Å². The Bertz CT molecular complexity index is 1000. The molecule has 29 heavy (non-hydrogen) atoms. The molecule has 2 aromatic carbocycles. The van der Waals surface area contributed by atoms with Crippen molar-refractivity contribution in [2.24, 2.45) is 0 Å². The number of carbonyl (C=O) groups is 1. The molecule has 0 spiro atoms. The highest BCUT2D eigenvalue weighted by molar-refractivity contribution is 6.30. The van der Waals surface area contributed by atoms with Crippen molar-refractivity contribution in [3.63, 3.8) is 0 Å². The number of hydrogen-bond donors (Lipinski definition) is 2. The summed E-state index contributed by atoms with van der Waals surface area (Å²) in [5.41, 5.74) is 6.24. The van der Waals surface area contributed by atoms with Crippen LogP contribution in [0.3, 0.4) is 0 Å². The van der Waals surface area contributed by atoms with Crippen LogP contribution in [0.2, 0.25) is 5.02 Å². The molecule has 0 bridgehead atoms. The molecule has 3 rings (SSSR count). The lowest BCUT2D eigenvalue weighted by Crippen LogP contribution is -2.26. The summed E-state index contributed by atoms with van der Waals surface area (Å²) in [7, 11) is 0. The van der Waals surface area contributed by atoms with Crippen molar-refractivity contribution in [1.29, 1.82) is 0 Å². The van der Waals surface area contributed by atoms with Gasteiger partial charge in [0.2, 0.25) is 11.9 Å². The van der Waals surface area contributed by atoms with Gasteiger partial charge in [0.05, 0.1) is 0 Å². The van der Waals surface area contributed by atoms with E-state index in [9.17, 15) is 9.18 Å². The summed E-state index contributed by atoms with van der Waals surface area (Å²) >= 11 is 5.89. The third-order valence-electron chi connectivity index (χ3n) is 3.58. The molecule has 0 fully saturated rings. The molecular formula is C19H17ClFN5O3. The van der Waals surface area contributed by atoms with Crippen LogP contribution >= 0.6 is 11.6 Å². The minimum absolute atomic E-state index is 0.0566. The minimum atomic E-state index is -0.871. The van der Waals surface area contributed by atoms with Gasteiger partial charge < -0.3 is 20.5 Å². The summed E-state index contributed by atoms with van der Waals surface area (Å²) in [4.78, 5) is 24.2. The van der Waals surface area contributed by atoms with Gasteiger partial charge in [0, 0.05) is 10.7 Å². The van der Waals surface area contributed by atoms with E-state index in [1.807, 2.05) is 0 Å². The Morgan fingerprint density at radius 1 is 1.21 bits per heavy atom. The lowest BCUT2D eigenvalue weighted by atomic mass is 10.3. The fraction of sp³-hybridized carbons (Fsp3) is 0.158. The van der Waals surface area contributed by atoms with E-state index in [4.69, 9.17) is 26.8 Å². The Balaban J connectivity index is 1.60. The fourth-order valence-electron chi connectivity index (χ4n) is 2.27. The predicted octanol–water partition coefficient (Wildman–Crippen LogP) is 3.50. The van der Waals surface area contributed by atoms with Crippen LogP contribution in [-0.2, 0) is 16.1 Å². The van der Waals surface area contributed by atoms with Crippen molar-refractivity contribution in [2.75, 3.05) is 11.1 Å². The molecule has 150 valence electrons. The zero-order chi connectivity index (χ0) is 20.8. The second-order valence-electron chi connectivity index (χ2n) is 5.89. The Morgan fingerprint density at radius 2 is 1.97 bits per heavy atom. The molecule has 0 amide bonds. The van der Waals surface area contributed by atoms with E-state index in [0.29, 0.717) is 16.5 Å². The lowest BCUT2D eigenvalue weighted by Gasteiger charge is -2.14. The van der Waals surface area contributed by atoms with E-state index >= 15 is 0 Å². The topological polar surface area (TPSA) is 112 Å².